The van der Waals surface area contributed by atoms with E-state index in [-0.39, 0.29) is 17.5 Å². The van der Waals surface area contributed by atoms with Crippen LogP contribution in [0.3, 0.4) is 0 Å². The monoisotopic (exact) mass is 327 g/mol. The molecule has 126 valence electrons. The second-order valence-corrected chi connectivity index (χ2v) is 6.23. The highest BCUT2D eigenvalue weighted by atomic mass is 16.2. The second kappa shape index (κ2) is 6.86. The number of nitrogens with zero attached hydrogens (tertiary/aromatic N) is 2. The van der Waals surface area contributed by atoms with Gasteiger partial charge in [0.2, 0.25) is 0 Å². The van der Waals surface area contributed by atoms with Gasteiger partial charge in [0, 0.05) is 25.8 Å². The third kappa shape index (κ3) is 3.32. The molecule has 1 N–H and O–H groups in total. The summed E-state index contributed by atoms with van der Waals surface area (Å²) < 4.78 is 1.23. The minimum atomic E-state index is -0.614. The zero-order chi connectivity index (χ0) is 17.1. The lowest BCUT2D eigenvalue weighted by Gasteiger charge is -2.24. The molecule has 0 radical (unpaired) electrons. The maximum Gasteiger partial charge on any atom is 0.328 e. The number of likely N-dealkylation sites (tertiary alicyclic amines) is 1. The number of amides is 1. The van der Waals surface area contributed by atoms with Gasteiger partial charge in [-0.1, -0.05) is 30.3 Å². The summed E-state index contributed by atoms with van der Waals surface area (Å²) in [5.74, 6) is -0.289. The molecule has 3 rings (SSSR count). The average Bonchev–Trinajstić information content (AvgIpc) is 3.05. The largest absolute Gasteiger partial charge is 0.335 e. The van der Waals surface area contributed by atoms with Gasteiger partial charge < -0.3 is 9.47 Å². The normalized spacial score (nSPS) is 17.2. The summed E-state index contributed by atoms with van der Waals surface area (Å²) in [5.41, 5.74) is 0.149. The molecule has 1 aliphatic rings. The number of carbonyl (C=O) groups is 1. The molecule has 1 atom stereocenters. The predicted molar refractivity (Wildman–Crippen MR) is 91.1 cm³/mol. The molecule has 1 aromatic heterocycles. The molecule has 1 aliphatic heterocycles. The lowest BCUT2D eigenvalue weighted by atomic mass is 10.0. The molecule has 6 nitrogen and oxygen atoms in total. The van der Waals surface area contributed by atoms with Crippen LogP contribution in [0.5, 0.6) is 0 Å². The summed E-state index contributed by atoms with van der Waals surface area (Å²) >= 11 is 0. The first-order chi connectivity index (χ1) is 11.6. The van der Waals surface area contributed by atoms with Gasteiger partial charge >= 0.3 is 5.69 Å². The Labute approximate surface area is 139 Å². The van der Waals surface area contributed by atoms with Gasteiger partial charge in [-0.3, -0.25) is 14.6 Å². The van der Waals surface area contributed by atoms with Crippen LogP contribution in [-0.4, -0.2) is 32.9 Å². The molecule has 1 amide bonds. The maximum atomic E-state index is 12.7. The Bertz CT molecular complexity index is 839. The fourth-order valence-corrected chi connectivity index (χ4v) is 3.25. The number of hydrogen-bond acceptors (Lipinski definition) is 3. The topological polar surface area (TPSA) is 75.2 Å². The summed E-state index contributed by atoms with van der Waals surface area (Å²) in [6.45, 7) is 0.653. The summed E-state index contributed by atoms with van der Waals surface area (Å²) in [4.78, 5) is 40.1. The summed E-state index contributed by atoms with van der Waals surface area (Å²) in [6, 6.07) is 10.3. The van der Waals surface area contributed by atoms with Crippen molar-refractivity contribution in [3.05, 3.63) is 68.5 Å². The van der Waals surface area contributed by atoms with Gasteiger partial charge in [0.1, 0.15) is 5.56 Å². The van der Waals surface area contributed by atoms with Gasteiger partial charge in [-0.05, 0) is 31.2 Å². The third-order valence-corrected chi connectivity index (χ3v) is 4.59. The van der Waals surface area contributed by atoms with Crippen molar-refractivity contribution < 1.29 is 4.79 Å². The highest BCUT2D eigenvalue weighted by Crippen LogP contribution is 2.23. The van der Waals surface area contributed by atoms with E-state index in [0.717, 1.165) is 25.7 Å². The highest BCUT2D eigenvalue weighted by Gasteiger charge is 2.30. The Hall–Kier alpha value is -2.63. The van der Waals surface area contributed by atoms with Gasteiger partial charge in [-0.2, -0.15) is 0 Å². The van der Waals surface area contributed by atoms with Crippen LogP contribution in [0.2, 0.25) is 0 Å². The van der Waals surface area contributed by atoms with Gasteiger partial charge in [-0.25, -0.2) is 4.79 Å². The van der Waals surface area contributed by atoms with Gasteiger partial charge in [0.15, 0.2) is 0 Å². The molecule has 1 aromatic carbocycles. The molecule has 6 heteroatoms. The Kier molecular flexibility index (Phi) is 4.64. The van der Waals surface area contributed by atoms with E-state index in [2.05, 4.69) is 17.1 Å². The number of aromatic amines is 1. The number of benzene rings is 1. The number of aryl methyl sites for hydroxylation is 2. The molecule has 1 saturated heterocycles. The van der Waals surface area contributed by atoms with Crippen LogP contribution < -0.4 is 11.2 Å². The van der Waals surface area contributed by atoms with Crippen LogP contribution in [0.25, 0.3) is 0 Å². The van der Waals surface area contributed by atoms with Crippen molar-refractivity contribution in [1.29, 1.82) is 0 Å². The van der Waals surface area contributed by atoms with Crippen molar-refractivity contribution >= 4 is 5.91 Å². The average molecular weight is 327 g/mol. The zero-order valence-corrected chi connectivity index (χ0v) is 13.7. The van der Waals surface area contributed by atoms with Crippen LogP contribution in [-0.2, 0) is 13.5 Å². The summed E-state index contributed by atoms with van der Waals surface area (Å²) in [7, 11) is 1.52. The molecule has 24 heavy (non-hydrogen) atoms. The maximum absolute atomic E-state index is 12.7. The minimum Gasteiger partial charge on any atom is -0.335 e. The first-order valence-electron chi connectivity index (χ1n) is 8.21. The van der Waals surface area contributed by atoms with Crippen molar-refractivity contribution in [3.63, 3.8) is 0 Å². The number of hydrogen-bond donors (Lipinski definition) is 1. The van der Waals surface area contributed by atoms with Crippen LogP contribution in [0, 0.1) is 0 Å². The predicted octanol–water partition coefficient (Wildman–Crippen LogP) is 1.31. The fourth-order valence-electron chi connectivity index (χ4n) is 3.25. The number of nitrogens with one attached hydrogen (secondary N) is 1. The van der Waals surface area contributed by atoms with Gasteiger partial charge in [0.25, 0.3) is 11.5 Å². The standard InChI is InChI=1S/C18H21N3O3/c1-20-12-15(16(22)19-18(20)24)17(23)21-11-5-8-14(21)10-9-13-6-3-2-4-7-13/h2-4,6-7,12,14H,5,8-11H2,1H3,(H,19,22,24). The molecule has 1 unspecified atom stereocenters. The van der Waals surface area contributed by atoms with E-state index in [1.807, 2.05) is 18.2 Å². The Balaban J connectivity index is 1.75. The van der Waals surface area contributed by atoms with E-state index in [4.69, 9.17) is 0 Å². The zero-order valence-electron chi connectivity index (χ0n) is 13.7. The molecule has 0 aliphatic carbocycles. The molecular weight excluding hydrogens is 306 g/mol. The Morgan fingerprint density at radius 2 is 2.00 bits per heavy atom. The SMILES string of the molecule is Cn1cc(C(=O)N2CCCC2CCc2ccccc2)c(=O)[nH]c1=O. The van der Waals surface area contributed by atoms with E-state index < -0.39 is 11.2 Å². The first kappa shape index (κ1) is 16.2. The molecular formula is C18H21N3O3. The van der Waals surface area contributed by atoms with Crippen LogP contribution in [0.15, 0.2) is 46.1 Å². The number of rotatable bonds is 4. The lowest BCUT2D eigenvalue weighted by Crippen LogP contribution is -2.41. The lowest BCUT2D eigenvalue weighted by molar-refractivity contribution is 0.0727. The molecule has 2 aromatic rings. The van der Waals surface area contributed by atoms with E-state index in [0.29, 0.717) is 6.54 Å². The van der Waals surface area contributed by atoms with Crippen molar-refractivity contribution in [2.75, 3.05) is 6.54 Å². The number of H-pyrrole nitrogens is 1. The molecule has 1 fully saturated rings. The third-order valence-electron chi connectivity index (χ3n) is 4.59. The van der Waals surface area contributed by atoms with Gasteiger partial charge in [-0.15, -0.1) is 0 Å². The Morgan fingerprint density at radius 1 is 1.25 bits per heavy atom. The van der Waals surface area contributed by atoms with Gasteiger partial charge in [0.05, 0.1) is 0 Å². The minimum absolute atomic E-state index is 0.0312. The fraction of sp³-hybridized carbons (Fsp3) is 0.389. The molecule has 2 heterocycles. The quantitative estimate of drug-likeness (QED) is 0.920. The Morgan fingerprint density at radius 3 is 2.75 bits per heavy atom. The van der Waals surface area contributed by atoms with Crippen LogP contribution >= 0.6 is 0 Å². The summed E-state index contributed by atoms with van der Waals surface area (Å²) in [6.07, 6.45) is 4.99. The molecule has 0 bridgehead atoms. The molecule has 0 saturated carbocycles. The first-order valence-corrected chi connectivity index (χ1v) is 8.21. The smallest absolute Gasteiger partial charge is 0.328 e. The van der Waals surface area contributed by atoms with Crippen molar-refractivity contribution in [1.82, 2.24) is 14.5 Å². The van der Waals surface area contributed by atoms with Crippen molar-refractivity contribution in [2.45, 2.75) is 31.7 Å². The van der Waals surface area contributed by atoms with Crippen molar-refractivity contribution in [3.8, 4) is 0 Å². The number of aromatic nitrogens is 2. The second-order valence-electron chi connectivity index (χ2n) is 6.23. The van der Waals surface area contributed by atoms with E-state index in [9.17, 15) is 14.4 Å². The number of carbonyl (C=O) groups excluding carboxylic acids is 1. The summed E-state index contributed by atoms with van der Waals surface area (Å²) in [5, 5.41) is 0. The van der Waals surface area contributed by atoms with E-state index in [1.54, 1.807) is 4.90 Å². The van der Waals surface area contributed by atoms with E-state index in [1.165, 1.54) is 23.4 Å². The highest BCUT2D eigenvalue weighted by molar-refractivity contribution is 5.93. The van der Waals surface area contributed by atoms with Crippen LogP contribution in [0.4, 0.5) is 0 Å². The molecule has 0 spiro atoms. The van der Waals surface area contributed by atoms with Crippen molar-refractivity contribution in [2.24, 2.45) is 7.05 Å². The van der Waals surface area contributed by atoms with E-state index >= 15 is 0 Å². The van der Waals surface area contributed by atoms with Crippen LogP contribution in [0.1, 0.15) is 35.2 Å².